The Kier molecular flexibility index (Phi) is 4.32. The third-order valence-corrected chi connectivity index (χ3v) is 8.19. The van der Waals surface area contributed by atoms with Crippen LogP contribution in [0.15, 0.2) is 102 Å². The Morgan fingerprint density at radius 3 is 2.21 bits per heavy atom. The van der Waals surface area contributed by atoms with Crippen LogP contribution >= 0.6 is 0 Å². The monoisotopic (exact) mass is 453 g/mol. The second-order valence-electron chi connectivity index (χ2n) is 8.43. The smallest absolute Gasteiger partial charge is 0.236 e. The lowest BCUT2D eigenvalue weighted by Crippen LogP contribution is -2.18. The van der Waals surface area contributed by atoms with Crippen molar-refractivity contribution < 1.29 is 12.8 Å². The fraction of sp³-hybridized carbons (Fsp3) is 0.0714. The van der Waals surface area contributed by atoms with Crippen LogP contribution in [0, 0.1) is 12.7 Å². The Morgan fingerprint density at radius 2 is 1.45 bits per heavy atom. The predicted octanol–water partition coefficient (Wildman–Crippen LogP) is 6.49. The largest absolute Gasteiger partial charge is 0.268 e. The fourth-order valence-corrected chi connectivity index (χ4v) is 6.53. The Balaban J connectivity index is 1.74. The standard InChI is InChI=1S/C28H20FNO2S/c1-18-10-16-21(17-11-18)33(31,32)30-25-9-5-4-8-24(25)27-23-7-3-2-6-22(23)26(28(27)30)19-12-14-20(29)15-13-19/h2-17,26H,1H3. The molecular formula is C28H20FNO2S. The van der Waals surface area contributed by atoms with Crippen molar-refractivity contribution in [3.63, 3.8) is 0 Å². The maximum atomic E-state index is 14.1. The molecule has 1 atom stereocenters. The number of halogens is 1. The first-order valence-electron chi connectivity index (χ1n) is 10.8. The van der Waals surface area contributed by atoms with E-state index in [1.807, 2.05) is 67.6 Å². The normalized spacial score (nSPS) is 14.9. The van der Waals surface area contributed by atoms with E-state index in [4.69, 9.17) is 0 Å². The van der Waals surface area contributed by atoms with E-state index in [0.717, 1.165) is 33.2 Å². The Hall–Kier alpha value is -3.70. The average Bonchev–Trinajstić information content (AvgIpc) is 3.33. The Bertz CT molecular complexity index is 1630. The molecule has 1 aromatic heterocycles. The lowest BCUT2D eigenvalue weighted by atomic mass is 9.92. The zero-order chi connectivity index (χ0) is 22.7. The molecule has 5 aromatic rings. The van der Waals surface area contributed by atoms with Gasteiger partial charge in [-0.1, -0.05) is 72.3 Å². The highest BCUT2D eigenvalue weighted by atomic mass is 32.2. The second-order valence-corrected chi connectivity index (χ2v) is 10.2. The number of para-hydroxylation sites is 1. The van der Waals surface area contributed by atoms with Gasteiger partial charge in [-0.2, -0.15) is 0 Å². The highest BCUT2D eigenvalue weighted by Crippen LogP contribution is 2.52. The van der Waals surface area contributed by atoms with Gasteiger partial charge in [-0.05, 0) is 53.9 Å². The third-order valence-electron chi connectivity index (χ3n) is 6.44. The maximum absolute atomic E-state index is 14.1. The lowest BCUT2D eigenvalue weighted by Gasteiger charge is -2.19. The van der Waals surface area contributed by atoms with Crippen molar-refractivity contribution in [2.24, 2.45) is 0 Å². The number of aromatic nitrogens is 1. The van der Waals surface area contributed by atoms with Crippen molar-refractivity contribution in [2.75, 3.05) is 0 Å². The predicted molar refractivity (Wildman–Crippen MR) is 128 cm³/mol. The molecule has 0 radical (unpaired) electrons. The number of fused-ring (bicyclic) bond motifs is 5. The first-order chi connectivity index (χ1) is 16.0. The van der Waals surface area contributed by atoms with E-state index in [-0.39, 0.29) is 16.6 Å². The summed E-state index contributed by atoms with van der Waals surface area (Å²) in [5.74, 6) is -0.650. The van der Waals surface area contributed by atoms with Gasteiger partial charge in [0.25, 0.3) is 10.0 Å². The van der Waals surface area contributed by atoms with E-state index in [9.17, 15) is 12.8 Å². The van der Waals surface area contributed by atoms with E-state index >= 15 is 0 Å². The van der Waals surface area contributed by atoms with Crippen LogP contribution in [0.5, 0.6) is 0 Å². The summed E-state index contributed by atoms with van der Waals surface area (Å²) in [6, 6.07) is 28.9. The molecule has 0 fully saturated rings. The molecule has 1 unspecified atom stereocenters. The maximum Gasteiger partial charge on any atom is 0.268 e. The Labute approximate surface area is 191 Å². The van der Waals surface area contributed by atoms with E-state index in [1.165, 1.54) is 16.1 Å². The molecular weight excluding hydrogens is 433 g/mol. The van der Waals surface area contributed by atoms with Crippen LogP contribution in [0.4, 0.5) is 4.39 Å². The van der Waals surface area contributed by atoms with E-state index in [1.54, 1.807) is 24.3 Å². The van der Waals surface area contributed by atoms with E-state index in [2.05, 4.69) is 0 Å². The molecule has 162 valence electrons. The van der Waals surface area contributed by atoms with Crippen LogP contribution in [0.1, 0.15) is 28.3 Å². The van der Waals surface area contributed by atoms with Crippen LogP contribution in [-0.4, -0.2) is 12.4 Å². The van der Waals surface area contributed by atoms with Gasteiger partial charge < -0.3 is 0 Å². The number of hydrogen-bond donors (Lipinski definition) is 0. The molecule has 4 aromatic carbocycles. The number of rotatable bonds is 3. The molecule has 0 saturated carbocycles. The molecule has 0 saturated heterocycles. The highest BCUT2D eigenvalue weighted by molar-refractivity contribution is 7.90. The molecule has 3 nitrogen and oxygen atoms in total. The zero-order valence-corrected chi connectivity index (χ0v) is 18.7. The van der Waals surface area contributed by atoms with Gasteiger partial charge in [0.05, 0.1) is 22.0 Å². The minimum absolute atomic E-state index is 0.241. The van der Waals surface area contributed by atoms with Crippen molar-refractivity contribution in [2.45, 2.75) is 17.7 Å². The first kappa shape index (κ1) is 19.9. The summed E-state index contributed by atoms with van der Waals surface area (Å²) in [7, 11) is -3.89. The van der Waals surface area contributed by atoms with Gasteiger partial charge in [-0.15, -0.1) is 0 Å². The zero-order valence-electron chi connectivity index (χ0n) is 17.9. The summed E-state index contributed by atoms with van der Waals surface area (Å²) in [5.41, 5.74) is 6.14. The molecule has 6 rings (SSSR count). The summed E-state index contributed by atoms with van der Waals surface area (Å²) >= 11 is 0. The minimum atomic E-state index is -3.89. The third kappa shape index (κ3) is 2.89. The van der Waals surface area contributed by atoms with Gasteiger partial charge >= 0.3 is 0 Å². The van der Waals surface area contributed by atoms with Crippen LogP contribution in [-0.2, 0) is 10.0 Å². The number of nitrogens with zero attached hydrogens (tertiary/aromatic N) is 1. The Morgan fingerprint density at radius 1 is 0.788 bits per heavy atom. The van der Waals surface area contributed by atoms with E-state index < -0.39 is 10.0 Å². The number of hydrogen-bond acceptors (Lipinski definition) is 2. The van der Waals surface area contributed by atoms with E-state index in [0.29, 0.717) is 11.2 Å². The number of aryl methyl sites for hydroxylation is 1. The van der Waals surface area contributed by atoms with Gasteiger partial charge in [-0.3, -0.25) is 0 Å². The van der Waals surface area contributed by atoms with Gasteiger partial charge in [0.1, 0.15) is 5.82 Å². The number of benzene rings is 4. The summed E-state index contributed by atoms with van der Waals surface area (Å²) in [6.45, 7) is 1.93. The van der Waals surface area contributed by atoms with Crippen LogP contribution < -0.4 is 0 Å². The van der Waals surface area contributed by atoms with Crippen LogP contribution in [0.2, 0.25) is 0 Å². The summed E-state index contributed by atoms with van der Waals surface area (Å²) < 4.78 is 43.4. The molecule has 0 bridgehead atoms. The van der Waals surface area contributed by atoms with Crippen molar-refractivity contribution >= 4 is 20.9 Å². The van der Waals surface area contributed by atoms with Crippen LogP contribution in [0.3, 0.4) is 0 Å². The molecule has 1 heterocycles. The molecule has 0 amide bonds. The van der Waals surface area contributed by atoms with Crippen molar-refractivity contribution in [3.05, 3.63) is 125 Å². The highest BCUT2D eigenvalue weighted by Gasteiger charge is 2.39. The average molecular weight is 454 g/mol. The van der Waals surface area contributed by atoms with Gasteiger partial charge in [-0.25, -0.2) is 16.8 Å². The van der Waals surface area contributed by atoms with Gasteiger partial charge in [0.15, 0.2) is 0 Å². The summed E-state index contributed by atoms with van der Waals surface area (Å²) in [4.78, 5) is 0.241. The molecule has 1 aliphatic rings. The molecule has 33 heavy (non-hydrogen) atoms. The second kappa shape index (κ2) is 7.15. The van der Waals surface area contributed by atoms with Crippen LogP contribution in [0.25, 0.3) is 22.0 Å². The molecule has 5 heteroatoms. The first-order valence-corrected chi connectivity index (χ1v) is 12.2. The summed E-state index contributed by atoms with van der Waals surface area (Å²) in [5, 5.41) is 0.889. The van der Waals surface area contributed by atoms with Gasteiger partial charge in [0.2, 0.25) is 0 Å². The topological polar surface area (TPSA) is 39.1 Å². The molecule has 1 aliphatic carbocycles. The SMILES string of the molecule is Cc1ccc(S(=O)(=O)n2c3c(c4ccccc42)-c2ccccc2C3c2ccc(F)cc2)cc1. The van der Waals surface area contributed by atoms with Crippen molar-refractivity contribution in [1.29, 1.82) is 0 Å². The summed E-state index contributed by atoms with van der Waals surface area (Å²) in [6.07, 6.45) is 0. The van der Waals surface area contributed by atoms with Crippen molar-refractivity contribution in [3.8, 4) is 11.1 Å². The van der Waals surface area contributed by atoms with Gasteiger partial charge in [0, 0.05) is 10.9 Å². The molecule has 0 N–H and O–H groups in total. The van der Waals surface area contributed by atoms with Crippen molar-refractivity contribution in [1.82, 2.24) is 3.97 Å². The lowest BCUT2D eigenvalue weighted by molar-refractivity contribution is 0.586. The quantitative estimate of drug-likeness (QED) is 0.307. The fourth-order valence-electron chi connectivity index (χ4n) is 4.97. The molecule has 0 spiro atoms. The minimum Gasteiger partial charge on any atom is -0.236 e. The molecule has 0 aliphatic heterocycles.